The number of hydrogen-bond acceptors (Lipinski definition) is 5. The molecule has 0 saturated carbocycles. The highest BCUT2D eigenvalue weighted by molar-refractivity contribution is 7.88. The molecule has 2 fully saturated rings. The molecule has 2 aliphatic heterocycles. The second kappa shape index (κ2) is 10.3. The van der Waals surface area contributed by atoms with Crippen LogP contribution < -0.4 is 9.64 Å². The number of carbonyl (C=O) groups excluding carboxylic acids is 1. The number of anilines is 1. The number of ether oxygens (including phenoxy) is 1. The van der Waals surface area contributed by atoms with Gasteiger partial charge in [-0.1, -0.05) is 23.7 Å². The second-order valence-electron chi connectivity index (χ2n) is 8.59. The van der Waals surface area contributed by atoms with Gasteiger partial charge in [-0.3, -0.25) is 4.79 Å². The molecule has 4 rings (SSSR count). The molecule has 1 amide bonds. The van der Waals surface area contributed by atoms with Crippen LogP contribution in [0.15, 0.2) is 48.5 Å². The van der Waals surface area contributed by atoms with Gasteiger partial charge in [-0.2, -0.15) is 0 Å². The zero-order valence-corrected chi connectivity index (χ0v) is 20.4. The van der Waals surface area contributed by atoms with Gasteiger partial charge >= 0.3 is 0 Å². The van der Waals surface area contributed by atoms with Crippen molar-refractivity contribution in [1.82, 2.24) is 9.21 Å². The van der Waals surface area contributed by atoms with Gasteiger partial charge in [0, 0.05) is 50.0 Å². The lowest BCUT2D eigenvalue weighted by Gasteiger charge is -2.39. The Kier molecular flexibility index (Phi) is 7.46. The maximum atomic E-state index is 13.2. The SMILES string of the molecule is COc1ccc(N2CCN(C(=O)C3CCCN(S(=O)(=O)Cc4ccc(Cl)cc4)C3)CC2)cc1. The summed E-state index contributed by atoms with van der Waals surface area (Å²) in [4.78, 5) is 17.3. The predicted octanol–water partition coefficient (Wildman–Crippen LogP) is 3.24. The minimum Gasteiger partial charge on any atom is -0.497 e. The number of benzene rings is 2. The molecule has 1 atom stereocenters. The minimum atomic E-state index is -3.50. The van der Waals surface area contributed by atoms with Crippen molar-refractivity contribution >= 4 is 33.2 Å². The first-order valence-electron chi connectivity index (χ1n) is 11.3. The van der Waals surface area contributed by atoms with E-state index in [0.29, 0.717) is 36.6 Å². The Bertz CT molecular complexity index is 1050. The molecule has 0 bridgehead atoms. The summed E-state index contributed by atoms with van der Waals surface area (Å²) >= 11 is 5.91. The molecule has 2 aromatic carbocycles. The smallest absolute Gasteiger partial charge is 0.227 e. The Morgan fingerprint density at radius 3 is 2.30 bits per heavy atom. The Morgan fingerprint density at radius 1 is 1.00 bits per heavy atom. The molecule has 9 heteroatoms. The molecular weight excluding hydrogens is 462 g/mol. The van der Waals surface area contributed by atoms with Gasteiger partial charge in [0.2, 0.25) is 15.9 Å². The maximum Gasteiger partial charge on any atom is 0.227 e. The van der Waals surface area contributed by atoms with Gasteiger partial charge in [0.15, 0.2) is 0 Å². The Morgan fingerprint density at radius 2 is 1.67 bits per heavy atom. The van der Waals surface area contributed by atoms with Crippen LogP contribution in [0, 0.1) is 5.92 Å². The Hall–Kier alpha value is -2.29. The molecule has 0 aliphatic carbocycles. The first-order valence-corrected chi connectivity index (χ1v) is 13.2. The number of methoxy groups -OCH3 is 1. The van der Waals surface area contributed by atoms with Crippen molar-refractivity contribution in [3.05, 3.63) is 59.1 Å². The molecule has 178 valence electrons. The van der Waals surface area contributed by atoms with Crippen LogP contribution in [0.5, 0.6) is 5.75 Å². The van der Waals surface area contributed by atoms with E-state index in [1.54, 1.807) is 31.4 Å². The number of nitrogens with zero attached hydrogens (tertiary/aromatic N) is 3. The highest BCUT2D eigenvalue weighted by Gasteiger charge is 2.35. The minimum absolute atomic E-state index is 0.0655. The maximum absolute atomic E-state index is 13.2. The molecule has 2 aliphatic rings. The predicted molar refractivity (Wildman–Crippen MR) is 130 cm³/mol. The van der Waals surface area contributed by atoms with Gasteiger partial charge in [-0.15, -0.1) is 0 Å². The number of rotatable bonds is 6. The Balaban J connectivity index is 1.33. The van der Waals surface area contributed by atoms with Crippen LogP contribution in [-0.4, -0.2) is 69.9 Å². The van der Waals surface area contributed by atoms with Crippen LogP contribution in [0.2, 0.25) is 5.02 Å². The largest absolute Gasteiger partial charge is 0.497 e. The van der Waals surface area contributed by atoms with E-state index in [-0.39, 0.29) is 24.1 Å². The molecule has 0 radical (unpaired) electrons. The quantitative estimate of drug-likeness (QED) is 0.620. The van der Waals surface area contributed by atoms with Crippen LogP contribution in [0.25, 0.3) is 0 Å². The lowest BCUT2D eigenvalue weighted by Crippen LogP contribution is -2.53. The number of hydrogen-bond donors (Lipinski definition) is 0. The van der Waals surface area contributed by atoms with Gasteiger partial charge in [0.05, 0.1) is 18.8 Å². The summed E-state index contributed by atoms with van der Waals surface area (Å²) in [6.07, 6.45) is 1.42. The van der Waals surface area contributed by atoms with Crippen molar-refractivity contribution in [2.75, 3.05) is 51.3 Å². The highest BCUT2D eigenvalue weighted by Crippen LogP contribution is 2.25. The van der Waals surface area contributed by atoms with Crippen LogP contribution in [0.1, 0.15) is 18.4 Å². The molecule has 2 heterocycles. The summed E-state index contributed by atoms with van der Waals surface area (Å²) in [5.74, 6) is 0.522. The third-order valence-corrected chi connectivity index (χ3v) is 8.49. The lowest BCUT2D eigenvalue weighted by atomic mass is 9.97. The van der Waals surface area contributed by atoms with Crippen LogP contribution in [-0.2, 0) is 20.6 Å². The van der Waals surface area contributed by atoms with E-state index in [9.17, 15) is 13.2 Å². The normalized spacial score (nSPS) is 20.0. The van der Waals surface area contributed by atoms with Crippen molar-refractivity contribution < 1.29 is 17.9 Å². The van der Waals surface area contributed by atoms with Crippen molar-refractivity contribution in [1.29, 1.82) is 0 Å². The summed E-state index contributed by atoms with van der Waals surface area (Å²) in [6, 6.07) is 14.8. The monoisotopic (exact) mass is 491 g/mol. The van der Waals surface area contributed by atoms with Crippen molar-refractivity contribution in [3.8, 4) is 5.75 Å². The molecule has 2 saturated heterocycles. The average molecular weight is 492 g/mol. The van der Waals surface area contributed by atoms with E-state index >= 15 is 0 Å². The molecular formula is C24H30ClN3O4S. The summed E-state index contributed by atoms with van der Waals surface area (Å²) in [5, 5.41) is 0.576. The number of amides is 1. The number of piperidine rings is 1. The topological polar surface area (TPSA) is 70.2 Å². The Labute approximate surface area is 200 Å². The van der Waals surface area contributed by atoms with Crippen molar-refractivity contribution in [3.63, 3.8) is 0 Å². The third-order valence-electron chi connectivity index (χ3n) is 6.42. The van der Waals surface area contributed by atoms with Crippen LogP contribution in [0.3, 0.4) is 0 Å². The zero-order chi connectivity index (χ0) is 23.4. The molecule has 0 aromatic heterocycles. The fourth-order valence-electron chi connectivity index (χ4n) is 4.52. The fourth-order valence-corrected chi connectivity index (χ4v) is 6.25. The summed E-state index contributed by atoms with van der Waals surface area (Å²) in [7, 11) is -1.85. The van der Waals surface area contributed by atoms with E-state index in [1.165, 1.54) is 4.31 Å². The van der Waals surface area contributed by atoms with Gasteiger partial charge < -0.3 is 14.5 Å². The molecule has 1 unspecified atom stereocenters. The second-order valence-corrected chi connectivity index (χ2v) is 11.0. The van der Waals surface area contributed by atoms with E-state index in [0.717, 1.165) is 30.9 Å². The third kappa shape index (κ3) is 5.80. The van der Waals surface area contributed by atoms with Crippen LogP contribution in [0.4, 0.5) is 5.69 Å². The molecule has 0 N–H and O–H groups in total. The standard InChI is InChI=1S/C24H30ClN3O4S/c1-32-23-10-8-22(9-11-23)26-13-15-27(16-14-26)24(29)20-3-2-12-28(17-20)33(30,31)18-19-4-6-21(25)7-5-19/h4-11,20H,2-3,12-18H2,1H3. The lowest BCUT2D eigenvalue weighted by molar-refractivity contribution is -0.137. The first-order chi connectivity index (χ1) is 15.9. The number of carbonyl (C=O) groups is 1. The molecule has 33 heavy (non-hydrogen) atoms. The average Bonchev–Trinajstić information content (AvgIpc) is 2.85. The summed E-state index contributed by atoms with van der Waals surface area (Å²) < 4.78 is 32.7. The zero-order valence-electron chi connectivity index (χ0n) is 18.8. The van der Waals surface area contributed by atoms with Crippen molar-refractivity contribution in [2.45, 2.75) is 18.6 Å². The summed E-state index contributed by atoms with van der Waals surface area (Å²) in [5.41, 5.74) is 1.81. The van der Waals surface area contributed by atoms with Gasteiger partial charge in [0.1, 0.15) is 5.75 Å². The molecule has 7 nitrogen and oxygen atoms in total. The van der Waals surface area contributed by atoms with Gasteiger partial charge in [-0.05, 0) is 54.8 Å². The number of piperazine rings is 1. The van der Waals surface area contributed by atoms with Gasteiger partial charge in [-0.25, -0.2) is 12.7 Å². The summed E-state index contributed by atoms with van der Waals surface area (Å²) in [6.45, 7) is 3.50. The first kappa shape index (κ1) is 23.9. The van der Waals surface area contributed by atoms with E-state index < -0.39 is 10.0 Å². The highest BCUT2D eigenvalue weighted by atomic mass is 35.5. The van der Waals surface area contributed by atoms with E-state index in [4.69, 9.17) is 16.3 Å². The number of halogens is 1. The van der Waals surface area contributed by atoms with Crippen molar-refractivity contribution in [2.24, 2.45) is 5.92 Å². The van der Waals surface area contributed by atoms with E-state index in [2.05, 4.69) is 4.90 Å². The van der Waals surface area contributed by atoms with Gasteiger partial charge in [0.25, 0.3) is 0 Å². The van der Waals surface area contributed by atoms with Crippen LogP contribution >= 0.6 is 11.6 Å². The molecule has 0 spiro atoms. The number of sulfonamides is 1. The van der Waals surface area contributed by atoms with E-state index in [1.807, 2.05) is 29.2 Å². The fraction of sp³-hybridized carbons (Fsp3) is 0.458. The molecule has 2 aromatic rings.